The van der Waals surface area contributed by atoms with E-state index in [1.54, 1.807) is 0 Å². The van der Waals surface area contributed by atoms with Gasteiger partial charge in [0.1, 0.15) is 5.75 Å². The summed E-state index contributed by atoms with van der Waals surface area (Å²) in [7, 11) is 0. The standard InChI is InChI=1S/C15H21NO3/c1-12-2-4-14(5-3-12)19-9-7-15(18)16-8-6-13(10-16)11-17/h2-5,13,17H,6-11H2,1H3. The first-order valence-corrected chi connectivity index (χ1v) is 6.77. The number of hydrogen-bond acceptors (Lipinski definition) is 3. The number of amides is 1. The molecule has 0 bridgehead atoms. The summed E-state index contributed by atoms with van der Waals surface area (Å²) in [5.41, 5.74) is 1.19. The maximum Gasteiger partial charge on any atom is 0.226 e. The van der Waals surface area contributed by atoms with E-state index >= 15 is 0 Å². The lowest BCUT2D eigenvalue weighted by Gasteiger charge is -2.16. The number of rotatable bonds is 5. The highest BCUT2D eigenvalue weighted by molar-refractivity contribution is 5.76. The molecule has 1 atom stereocenters. The minimum Gasteiger partial charge on any atom is -0.493 e. The lowest BCUT2D eigenvalue weighted by Crippen LogP contribution is -2.30. The summed E-state index contributed by atoms with van der Waals surface area (Å²) < 4.78 is 5.55. The summed E-state index contributed by atoms with van der Waals surface area (Å²) >= 11 is 0. The lowest BCUT2D eigenvalue weighted by atomic mass is 10.1. The van der Waals surface area contributed by atoms with Crippen LogP contribution in [0.4, 0.5) is 0 Å². The van der Waals surface area contributed by atoms with E-state index in [0.717, 1.165) is 18.7 Å². The number of aliphatic hydroxyl groups is 1. The van der Waals surface area contributed by atoms with Crippen LogP contribution < -0.4 is 4.74 Å². The Labute approximate surface area is 114 Å². The van der Waals surface area contributed by atoms with E-state index < -0.39 is 0 Å². The van der Waals surface area contributed by atoms with E-state index in [4.69, 9.17) is 9.84 Å². The molecule has 0 saturated carbocycles. The first-order chi connectivity index (χ1) is 9.19. The average Bonchev–Trinajstić information content (AvgIpc) is 2.90. The third-order valence-electron chi connectivity index (χ3n) is 3.50. The van der Waals surface area contributed by atoms with Crippen LogP contribution in [0.5, 0.6) is 5.75 Å². The molecular formula is C15H21NO3. The van der Waals surface area contributed by atoms with Crippen molar-refractivity contribution < 1.29 is 14.6 Å². The molecule has 1 N–H and O–H groups in total. The van der Waals surface area contributed by atoms with Gasteiger partial charge in [-0.15, -0.1) is 0 Å². The third-order valence-corrected chi connectivity index (χ3v) is 3.50. The maximum atomic E-state index is 11.9. The van der Waals surface area contributed by atoms with Crippen molar-refractivity contribution in [2.45, 2.75) is 19.8 Å². The van der Waals surface area contributed by atoms with Crippen molar-refractivity contribution in [3.05, 3.63) is 29.8 Å². The molecule has 1 aromatic rings. The minimum absolute atomic E-state index is 0.114. The fourth-order valence-electron chi connectivity index (χ4n) is 2.26. The fraction of sp³-hybridized carbons (Fsp3) is 0.533. The van der Waals surface area contributed by atoms with Gasteiger partial charge in [-0.05, 0) is 25.5 Å². The second-order valence-corrected chi connectivity index (χ2v) is 5.09. The Morgan fingerprint density at radius 3 is 2.79 bits per heavy atom. The fourth-order valence-corrected chi connectivity index (χ4v) is 2.26. The molecule has 19 heavy (non-hydrogen) atoms. The highest BCUT2D eigenvalue weighted by atomic mass is 16.5. The summed E-state index contributed by atoms with van der Waals surface area (Å²) in [6, 6.07) is 7.81. The van der Waals surface area contributed by atoms with Gasteiger partial charge in [-0.1, -0.05) is 17.7 Å². The van der Waals surface area contributed by atoms with Crippen LogP contribution in [-0.2, 0) is 4.79 Å². The number of carbonyl (C=O) groups is 1. The summed E-state index contributed by atoms with van der Waals surface area (Å²) in [6.45, 7) is 4.04. The van der Waals surface area contributed by atoms with Gasteiger partial charge in [0, 0.05) is 25.6 Å². The molecular weight excluding hydrogens is 242 g/mol. The van der Waals surface area contributed by atoms with Crippen molar-refractivity contribution in [3.63, 3.8) is 0 Å². The first-order valence-electron chi connectivity index (χ1n) is 6.77. The highest BCUT2D eigenvalue weighted by Crippen LogP contribution is 2.16. The van der Waals surface area contributed by atoms with Crippen molar-refractivity contribution in [1.29, 1.82) is 0 Å². The topological polar surface area (TPSA) is 49.8 Å². The van der Waals surface area contributed by atoms with Crippen LogP contribution >= 0.6 is 0 Å². The van der Waals surface area contributed by atoms with Gasteiger partial charge in [-0.3, -0.25) is 4.79 Å². The molecule has 2 rings (SSSR count). The molecule has 1 unspecified atom stereocenters. The molecule has 1 fully saturated rings. The number of hydrogen-bond donors (Lipinski definition) is 1. The number of likely N-dealkylation sites (tertiary alicyclic amines) is 1. The first kappa shape index (κ1) is 13.9. The van der Waals surface area contributed by atoms with Crippen molar-refractivity contribution in [3.8, 4) is 5.75 Å². The molecule has 0 radical (unpaired) electrons. The molecule has 1 heterocycles. The number of ether oxygens (including phenoxy) is 1. The smallest absolute Gasteiger partial charge is 0.226 e. The quantitative estimate of drug-likeness (QED) is 0.878. The van der Waals surface area contributed by atoms with Gasteiger partial charge in [0.2, 0.25) is 5.91 Å². The lowest BCUT2D eigenvalue weighted by molar-refractivity contribution is -0.130. The SMILES string of the molecule is Cc1ccc(OCCC(=O)N2CCC(CO)C2)cc1. The van der Waals surface area contributed by atoms with E-state index in [0.29, 0.717) is 19.6 Å². The zero-order chi connectivity index (χ0) is 13.7. The summed E-state index contributed by atoms with van der Waals surface area (Å²) in [6.07, 6.45) is 1.30. The van der Waals surface area contributed by atoms with Crippen LogP contribution in [-0.4, -0.2) is 42.2 Å². The molecule has 1 aliphatic rings. The van der Waals surface area contributed by atoms with Crippen molar-refractivity contribution in [1.82, 2.24) is 4.90 Å². The van der Waals surface area contributed by atoms with E-state index in [2.05, 4.69) is 0 Å². The number of aliphatic hydroxyl groups excluding tert-OH is 1. The van der Waals surface area contributed by atoms with Crippen molar-refractivity contribution in [2.75, 3.05) is 26.3 Å². The number of aryl methyl sites for hydroxylation is 1. The van der Waals surface area contributed by atoms with Gasteiger partial charge in [0.15, 0.2) is 0 Å². The van der Waals surface area contributed by atoms with Crippen molar-refractivity contribution >= 4 is 5.91 Å². The molecule has 1 aromatic carbocycles. The number of benzene rings is 1. The van der Waals surface area contributed by atoms with E-state index in [9.17, 15) is 4.79 Å². The number of nitrogens with zero attached hydrogens (tertiary/aromatic N) is 1. The Morgan fingerprint density at radius 1 is 1.42 bits per heavy atom. The Kier molecular flexibility index (Phi) is 4.80. The normalized spacial score (nSPS) is 18.6. The Morgan fingerprint density at radius 2 is 2.16 bits per heavy atom. The van der Waals surface area contributed by atoms with E-state index in [-0.39, 0.29) is 18.4 Å². The van der Waals surface area contributed by atoms with Gasteiger partial charge in [-0.2, -0.15) is 0 Å². The van der Waals surface area contributed by atoms with Gasteiger partial charge >= 0.3 is 0 Å². The van der Waals surface area contributed by atoms with Crippen molar-refractivity contribution in [2.24, 2.45) is 5.92 Å². The Bertz CT molecular complexity index is 416. The van der Waals surface area contributed by atoms with Crippen LogP contribution in [0.15, 0.2) is 24.3 Å². The van der Waals surface area contributed by atoms with Gasteiger partial charge in [-0.25, -0.2) is 0 Å². The van der Waals surface area contributed by atoms with Crippen LogP contribution in [0.25, 0.3) is 0 Å². The molecule has 1 aliphatic heterocycles. The third kappa shape index (κ3) is 3.96. The summed E-state index contributed by atoms with van der Waals surface area (Å²) in [5, 5.41) is 9.05. The molecule has 104 valence electrons. The predicted octanol–water partition coefficient (Wildman–Crippen LogP) is 1.60. The van der Waals surface area contributed by atoms with E-state index in [1.807, 2.05) is 36.1 Å². The largest absolute Gasteiger partial charge is 0.493 e. The van der Waals surface area contributed by atoms with Gasteiger partial charge < -0.3 is 14.7 Å². The molecule has 0 aromatic heterocycles. The number of carbonyl (C=O) groups excluding carboxylic acids is 1. The van der Waals surface area contributed by atoms with Crippen LogP contribution in [0, 0.1) is 12.8 Å². The van der Waals surface area contributed by atoms with Crippen LogP contribution in [0.1, 0.15) is 18.4 Å². The molecule has 0 aliphatic carbocycles. The Balaban J connectivity index is 1.71. The van der Waals surface area contributed by atoms with Gasteiger partial charge in [0.05, 0.1) is 13.0 Å². The zero-order valence-corrected chi connectivity index (χ0v) is 11.3. The van der Waals surface area contributed by atoms with E-state index in [1.165, 1.54) is 5.56 Å². The molecule has 4 heteroatoms. The van der Waals surface area contributed by atoms with Crippen LogP contribution in [0.2, 0.25) is 0 Å². The van der Waals surface area contributed by atoms with Gasteiger partial charge in [0.25, 0.3) is 0 Å². The predicted molar refractivity (Wildman–Crippen MR) is 73.1 cm³/mol. The minimum atomic E-state index is 0.114. The van der Waals surface area contributed by atoms with Crippen LogP contribution in [0.3, 0.4) is 0 Å². The summed E-state index contributed by atoms with van der Waals surface area (Å²) in [4.78, 5) is 13.7. The molecule has 4 nitrogen and oxygen atoms in total. The monoisotopic (exact) mass is 263 g/mol. The molecule has 0 spiro atoms. The highest BCUT2D eigenvalue weighted by Gasteiger charge is 2.25. The second kappa shape index (κ2) is 6.57. The maximum absolute atomic E-state index is 11.9. The second-order valence-electron chi connectivity index (χ2n) is 5.09. The molecule has 1 amide bonds. The Hall–Kier alpha value is -1.55. The molecule has 1 saturated heterocycles. The summed E-state index contributed by atoms with van der Waals surface area (Å²) in [5.74, 6) is 1.16. The average molecular weight is 263 g/mol. The zero-order valence-electron chi connectivity index (χ0n) is 11.3.